The second-order valence-electron chi connectivity index (χ2n) is 6.01. The average molecular weight is 324 g/mol. The van der Waals surface area contributed by atoms with Gasteiger partial charge in [-0.15, -0.1) is 0 Å². The number of carboxylic acid groups (broad SMARTS) is 1. The standard InChI is InChI=1S/C17H22ClNO3/c18-14-7-4-3-6-13(14)12-17(9-10-17)16(22)19-11-5-1-2-8-15(20)21/h3-4,6-7H,1-2,5,8-12H2,(H,19,22)(H,20,21). The Kier molecular flexibility index (Phi) is 5.83. The third-order valence-electron chi connectivity index (χ3n) is 4.17. The Morgan fingerprint density at radius 3 is 2.55 bits per heavy atom. The Morgan fingerprint density at radius 1 is 1.18 bits per heavy atom. The van der Waals surface area contributed by atoms with Crippen molar-refractivity contribution < 1.29 is 14.7 Å². The van der Waals surface area contributed by atoms with Crippen LogP contribution in [0.5, 0.6) is 0 Å². The Bertz CT molecular complexity index is 540. The normalized spacial score (nSPS) is 15.3. The van der Waals surface area contributed by atoms with Gasteiger partial charge >= 0.3 is 5.97 Å². The Morgan fingerprint density at radius 2 is 1.91 bits per heavy atom. The van der Waals surface area contributed by atoms with E-state index in [2.05, 4.69) is 5.32 Å². The van der Waals surface area contributed by atoms with Crippen LogP contribution in [0, 0.1) is 5.41 Å². The minimum Gasteiger partial charge on any atom is -0.481 e. The molecule has 120 valence electrons. The van der Waals surface area contributed by atoms with Crippen LogP contribution in [0.3, 0.4) is 0 Å². The van der Waals surface area contributed by atoms with Crippen LogP contribution in [-0.4, -0.2) is 23.5 Å². The molecule has 1 aliphatic carbocycles. The van der Waals surface area contributed by atoms with E-state index < -0.39 is 5.97 Å². The number of aliphatic carboxylic acids is 1. The van der Waals surface area contributed by atoms with E-state index in [0.717, 1.165) is 36.3 Å². The van der Waals surface area contributed by atoms with Gasteiger partial charge in [0.05, 0.1) is 5.41 Å². The SMILES string of the molecule is O=C(O)CCCCCNC(=O)C1(Cc2ccccc2Cl)CC1. The third kappa shape index (κ3) is 4.73. The number of nitrogens with one attached hydrogen (secondary N) is 1. The molecular weight excluding hydrogens is 302 g/mol. The molecule has 1 amide bonds. The molecule has 0 saturated heterocycles. The largest absolute Gasteiger partial charge is 0.481 e. The van der Waals surface area contributed by atoms with Crippen LogP contribution in [0.4, 0.5) is 0 Å². The highest BCUT2D eigenvalue weighted by molar-refractivity contribution is 6.31. The van der Waals surface area contributed by atoms with Crippen molar-refractivity contribution in [1.29, 1.82) is 0 Å². The molecular formula is C17H22ClNO3. The maximum Gasteiger partial charge on any atom is 0.303 e. The molecule has 0 aromatic heterocycles. The Labute approximate surface area is 135 Å². The van der Waals surface area contributed by atoms with Crippen LogP contribution in [0.15, 0.2) is 24.3 Å². The van der Waals surface area contributed by atoms with Gasteiger partial charge in [-0.1, -0.05) is 36.2 Å². The number of benzene rings is 1. The van der Waals surface area contributed by atoms with Gasteiger partial charge in [0.2, 0.25) is 5.91 Å². The Balaban J connectivity index is 1.73. The van der Waals surface area contributed by atoms with E-state index >= 15 is 0 Å². The highest BCUT2D eigenvalue weighted by atomic mass is 35.5. The van der Waals surface area contributed by atoms with Gasteiger partial charge in [0.25, 0.3) is 0 Å². The highest BCUT2D eigenvalue weighted by Crippen LogP contribution is 2.49. The van der Waals surface area contributed by atoms with Crippen LogP contribution >= 0.6 is 11.6 Å². The topological polar surface area (TPSA) is 66.4 Å². The number of carbonyl (C=O) groups is 2. The lowest BCUT2D eigenvalue weighted by atomic mass is 9.95. The third-order valence-corrected chi connectivity index (χ3v) is 4.54. The van der Waals surface area contributed by atoms with Crippen LogP contribution in [0.25, 0.3) is 0 Å². The van der Waals surface area contributed by atoms with Crippen molar-refractivity contribution in [3.05, 3.63) is 34.9 Å². The quantitative estimate of drug-likeness (QED) is 0.684. The van der Waals surface area contributed by atoms with Crippen LogP contribution in [0.2, 0.25) is 5.02 Å². The molecule has 1 saturated carbocycles. The number of halogens is 1. The van der Waals surface area contributed by atoms with E-state index in [1.165, 1.54) is 0 Å². The second kappa shape index (κ2) is 7.63. The van der Waals surface area contributed by atoms with E-state index in [9.17, 15) is 9.59 Å². The summed E-state index contributed by atoms with van der Waals surface area (Å²) < 4.78 is 0. The number of rotatable bonds is 9. The van der Waals surface area contributed by atoms with Crippen LogP contribution in [0.1, 0.15) is 44.1 Å². The molecule has 2 rings (SSSR count). The molecule has 1 aromatic rings. The van der Waals surface area contributed by atoms with Gasteiger partial charge in [-0.05, 0) is 43.7 Å². The molecule has 0 aliphatic heterocycles. The van der Waals surface area contributed by atoms with Crippen LogP contribution in [-0.2, 0) is 16.0 Å². The molecule has 0 spiro atoms. The van der Waals surface area contributed by atoms with E-state index in [0.29, 0.717) is 19.4 Å². The first-order valence-corrected chi connectivity index (χ1v) is 8.15. The summed E-state index contributed by atoms with van der Waals surface area (Å²) in [5.41, 5.74) is 0.741. The van der Waals surface area contributed by atoms with E-state index in [1.54, 1.807) is 0 Å². The van der Waals surface area contributed by atoms with Crippen molar-refractivity contribution in [3.63, 3.8) is 0 Å². The van der Waals surface area contributed by atoms with Crippen molar-refractivity contribution in [3.8, 4) is 0 Å². The predicted octanol–water partition coefficient (Wildman–Crippen LogP) is 3.42. The molecule has 1 fully saturated rings. The average Bonchev–Trinajstić information content (AvgIpc) is 3.25. The van der Waals surface area contributed by atoms with Crippen molar-refractivity contribution in [1.82, 2.24) is 5.32 Å². The molecule has 0 radical (unpaired) electrons. The number of amides is 1. The number of unbranched alkanes of at least 4 members (excludes halogenated alkanes) is 2. The summed E-state index contributed by atoms with van der Waals surface area (Å²) in [6, 6.07) is 7.66. The molecule has 1 aliphatic rings. The van der Waals surface area contributed by atoms with E-state index in [-0.39, 0.29) is 17.7 Å². The van der Waals surface area contributed by atoms with Gasteiger partial charge in [-0.3, -0.25) is 9.59 Å². The zero-order valence-corrected chi connectivity index (χ0v) is 13.4. The van der Waals surface area contributed by atoms with Crippen molar-refractivity contribution in [2.24, 2.45) is 5.41 Å². The molecule has 0 bridgehead atoms. The summed E-state index contributed by atoms with van der Waals surface area (Å²) in [5.74, 6) is -0.661. The van der Waals surface area contributed by atoms with Gasteiger partial charge in [0, 0.05) is 18.0 Å². The number of hydrogen-bond acceptors (Lipinski definition) is 2. The molecule has 4 nitrogen and oxygen atoms in total. The summed E-state index contributed by atoms with van der Waals surface area (Å²) in [7, 11) is 0. The summed E-state index contributed by atoms with van der Waals surface area (Å²) >= 11 is 6.17. The molecule has 0 atom stereocenters. The van der Waals surface area contributed by atoms with E-state index in [1.807, 2.05) is 24.3 Å². The zero-order chi connectivity index (χ0) is 16.0. The number of carboxylic acids is 1. The Hall–Kier alpha value is -1.55. The van der Waals surface area contributed by atoms with Crippen LogP contribution < -0.4 is 5.32 Å². The highest BCUT2D eigenvalue weighted by Gasteiger charge is 2.49. The maximum absolute atomic E-state index is 12.3. The summed E-state index contributed by atoms with van der Waals surface area (Å²) in [6.45, 7) is 0.614. The molecule has 0 heterocycles. The second-order valence-corrected chi connectivity index (χ2v) is 6.42. The van der Waals surface area contributed by atoms with Gasteiger partial charge < -0.3 is 10.4 Å². The van der Waals surface area contributed by atoms with Crippen molar-refractivity contribution in [2.75, 3.05) is 6.54 Å². The van der Waals surface area contributed by atoms with Crippen molar-refractivity contribution >= 4 is 23.5 Å². The first-order chi connectivity index (χ1) is 10.5. The van der Waals surface area contributed by atoms with Gasteiger partial charge in [-0.2, -0.15) is 0 Å². The van der Waals surface area contributed by atoms with Gasteiger partial charge in [0.1, 0.15) is 0 Å². The van der Waals surface area contributed by atoms with E-state index in [4.69, 9.17) is 16.7 Å². The smallest absolute Gasteiger partial charge is 0.303 e. The first-order valence-electron chi connectivity index (χ1n) is 7.77. The fourth-order valence-electron chi connectivity index (χ4n) is 2.61. The lowest BCUT2D eigenvalue weighted by Crippen LogP contribution is -2.34. The minimum absolute atomic E-state index is 0.102. The molecule has 5 heteroatoms. The first kappa shape index (κ1) is 16.8. The molecule has 0 unspecified atom stereocenters. The zero-order valence-electron chi connectivity index (χ0n) is 12.6. The van der Waals surface area contributed by atoms with Gasteiger partial charge in [0.15, 0.2) is 0 Å². The molecule has 22 heavy (non-hydrogen) atoms. The lowest BCUT2D eigenvalue weighted by molar-refractivity contribution is -0.137. The number of carbonyl (C=O) groups excluding carboxylic acids is 1. The fraction of sp³-hybridized carbons (Fsp3) is 0.529. The van der Waals surface area contributed by atoms with Gasteiger partial charge in [-0.25, -0.2) is 0 Å². The fourth-order valence-corrected chi connectivity index (χ4v) is 2.81. The lowest BCUT2D eigenvalue weighted by Gasteiger charge is -2.16. The number of hydrogen-bond donors (Lipinski definition) is 2. The monoisotopic (exact) mass is 323 g/mol. The molecule has 1 aromatic carbocycles. The van der Waals surface area contributed by atoms with Crippen molar-refractivity contribution in [2.45, 2.75) is 44.9 Å². The minimum atomic E-state index is -0.763. The molecule has 2 N–H and O–H groups in total. The summed E-state index contributed by atoms with van der Waals surface area (Å²) in [6.07, 6.45) is 5.01. The predicted molar refractivity (Wildman–Crippen MR) is 85.9 cm³/mol. The maximum atomic E-state index is 12.3. The summed E-state index contributed by atoms with van der Waals surface area (Å²) in [5, 5.41) is 12.3. The summed E-state index contributed by atoms with van der Waals surface area (Å²) in [4.78, 5) is 22.7.